The molecule has 0 aliphatic rings. The van der Waals surface area contributed by atoms with E-state index in [2.05, 4.69) is 0 Å². The van der Waals surface area contributed by atoms with E-state index in [-0.39, 0.29) is 5.56 Å². The molecule has 0 aliphatic carbocycles. The molecule has 1 aromatic carbocycles. The van der Waals surface area contributed by atoms with Gasteiger partial charge in [0.05, 0.1) is 0 Å². The lowest BCUT2D eigenvalue weighted by atomic mass is 10.0. The third-order valence-corrected chi connectivity index (χ3v) is 2.40. The standard InChI is InChI=1S/C12H9F4NO4/c13-7-3-1-2-6(4-7)9(18)5-8(10(19)20)17-11(21)12(14,15)16/h1-4,8H,5H2,(H,17,21)(H,19,20)/t8-/m1/s1. The molecule has 0 aliphatic heterocycles. The topological polar surface area (TPSA) is 83.5 Å². The summed E-state index contributed by atoms with van der Waals surface area (Å²) < 4.78 is 49.0. The second-order valence-corrected chi connectivity index (χ2v) is 4.00. The van der Waals surface area contributed by atoms with E-state index in [0.29, 0.717) is 0 Å². The monoisotopic (exact) mass is 307 g/mol. The molecule has 0 spiro atoms. The zero-order valence-corrected chi connectivity index (χ0v) is 10.3. The number of alkyl halides is 3. The summed E-state index contributed by atoms with van der Waals surface area (Å²) in [6.07, 6.45) is -6.20. The normalized spacial score (nSPS) is 12.6. The number of hydrogen-bond donors (Lipinski definition) is 2. The van der Waals surface area contributed by atoms with Gasteiger partial charge in [0.2, 0.25) is 0 Å². The van der Waals surface area contributed by atoms with Crippen LogP contribution < -0.4 is 5.32 Å². The number of carbonyl (C=O) groups is 3. The van der Waals surface area contributed by atoms with Crippen molar-refractivity contribution >= 4 is 17.7 Å². The van der Waals surface area contributed by atoms with Crippen LogP contribution in [0.3, 0.4) is 0 Å². The minimum Gasteiger partial charge on any atom is -0.480 e. The Bertz CT molecular complexity index is 571. The maximum Gasteiger partial charge on any atom is 0.471 e. The molecule has 0 unspecified atom stereocenters. The predicted octanol–water partition coefficient (Wildman–Crippen LogP) is 1.53. The van der Waals surface area contributed by atoms with Crippen LogP contribution in [-0.4, -0.2) is 35.0 Å². The van der Waals surface area contributed by atoms with Crippen molar-refractivity contribution in [3.63, 3.8) is 0 Å². The Kier molecular flexibility index (Phi) is 5.01. The van der Waals surface area contributed by atoms with Crippen molar-refractivity contribution in [1.29, 1.82) is 0 Å². The molecule has 0 saturated heterocycles. The lowest BCUT2D eigenvalue weighted by Crippen LogP contribution is -2.47. The van der Waals surface area contributed by atoms with Gasteiger partial charge in [-0.15, -0.1) is 0 Å². The van der Waals surface area contributed by atoms with E-state index in [1.807, 2.05) is 0 Å². The van der Waals surface area contributed by atoms with Crippen LogP contribution >= 0.6 is 0 Å². The lowest BCUT2D eigenvalue weighted by Gasteiger charge is -2.15. The largest absolute Gasteiger partial charge is 0.480 e. The van der Waals surface area contributed by atoms with E-state index in [1.54, 1.807) is 0 Å². The van der Waals surface area contributed by atoms with E-state index < -0.39 is 42.1 Å². The van der Waals surface area contributed by atoms with Crippen molar-refractivity contribution in [2.24, 2.45) is 0 Å². The lowest BCUT2D eigenvalue weighted by molar-refractivity contribution is -0.175. The number of amides is 1. The molecule has 21 heavy (non-hydrogen) atoms. The minimum atomic E-state index is -5.27. The van der Waals surface area contributed by atoms with Crippen LogP contribution in [0, 0.1) is 5.82 Å². The first kappa shape index (κ1) is 16.6. The smallest absolute Gasteiger partial charge is 0.471 e. The Morgan fingerprint density at radius 2 is 1.86 bits per heavy atom. The number of ketones is 1. The van der Waals surface area contributed by atoms with Crippen LogP contribution in [0.5, 0.6) is 0 Å². The number of halogens is 4. The van der Waals surface area contributed by atoms with Crippen molar-refractivity contribution in [3.8, 4) is 0 Å². The summed E-state index contributed by atoms with van der Waals surface area (Å²) in [6.45, 7) is 0. The average molecular weight is 307 g/mol. The molecule has 1 amide bonds. The molecule has 0 bridgehead atoms. The van der Waals surface area contributed by atoms with Crippen molar-refractivity contribution in [2.75, 3.05) is 0 Å². The third kappa shape index (κ3) is 4.86. The fraction of sp³-hybridized carbons (Fsp3) is 0.250. The molecule has 9 heteroatoms. The molecule has 1 atom stereocenters. The van der Waals surface area contributed by atoms with Crippen molar-refractivity contribution in [3.05, 3.63) is 35.6 Å². The highest BCUT2D eigenvalue weighted by Crippen LogP contribution is 2.15. The Hall–Kier alpha value is -2.45. The molecule has 0 saturated carbocycles. The molecule has 0 fully saturated rings. The molecule has 0 heterocycles. The summed E-state index contributed by atoms with van der Waals surface area (Å²) in [7, 11) is 0. The van der Waals surface area contributed by atoms with Gasteiger partial charge < -0.3 is 10.4 Å². The quantitative estimate of drug-likeness (QED) is 0.638. The molecule has 0 aromatic heterocycles. The number of benzene rings is 1. The predicted molar refractivity (Wildman–Crippen MR) is 61.0 cm³/mol. The van der Waals surface area contributed by atoms with Crippen molar-refractivity contribution in [2.45, 2.75) is 18.6 Å². The number of aliphatic carboxylic acids is 1. The van der Waals surface area contributed by atoms with Crippen molar-refractivity contribution < 1.29 is 37.1 Å². The molecule has 1 aromatic rings. The molecular formula is C12H9F4NO4. The molecule has 114 valence electrons. The van der Waals surface area contributed by atoms with Crippen LogP contribution in [0.1, 0.15) is 16.8 Å². The van der Waals surface area contributed by atoms with Crippen molar-refractivity contribution in [1.82, 2.24) is 5.32 Å². The minimum absolute atomic E-state index is 0.206. The average Bonchev–Trinajstić information content (AvgIpc) is 2.36. The van der Waals surface area contributed by atoms with Crippen LogP contribution in [-0.2, 0) is 9.59 Å². The van der Waals surface area contributed by atoms with Gasteiger partial charge >= 0.3 is 18.1 Å². The maximum absolute atomic E-state index is 12.9. The van der Waals surface area contributed by atoms with Gasteiger partial charge in [-0.05, 0) is 12.1 Å². The first-order chi connectivity index (χ1) is 9.61. The fourth-order valence-electron chi connectivity index (χ4n) is 1.41. The number of carbonyl (C=O) groups excluding carboxylic acids is 2. The SMILES string of the molecule is O=C(C[C@@H](NC(=O)C(F)(F)F)C(=O)O)c1cccc(F)c1. The molecule has 5 nitrogen and oxygen atoms in total. The maximum atomic E-state index is 12.9. The summed E-state index contributed by atoms with van der Waals surface area (Å²) in [5.74, 6) is -5.95. The number of rotatable bonds is 5. The Morgan fingerprint density at radius 1 is 1.24 bits per heavy atom. The Morgan fingerprint density at radius 3 is 2.33 bits per heavy atom. The number of Topliss-reactive ketones (excluding diaryl/α,β-unsaturated/α-hetero) is 1. The highest BCUT2D eigenvalue weighted by Gasteiger charge is 2.41. The molecule has 1 rings (SSSR count). The molecule has 2 N–H and O–H groups in total. The fourth-order valence-corrected chi connectivity index (χ4v) is 1.41. The number of carboxylic acids is 1. The van der Waals surface area contributed by atoms with Gasteiger partial charge in [0.25, 0.3) is 0 Å². The summed E-state index contributed by atoms with van der Waals surface area (Å²) in [5.41, 5.74) is -0.206. The van der Waals surface area contributed by atoms with E-state index in [1.165, 1.54) is 17.4 Å². The number of hydrogen-bond acceptors (Lipinski definition) is 3. The van der Waals surface area contributed by atoms with Crippen LogP contribution in [0.2, 0.25) is 0 Å². The zero-order chi connectivity index (χ0) is 16.2. The molecular weight excluding hydrogens is 298 g/mol. The summed E-state index contributed by atoms with van der Waals surface area (Å²) in [5, 5.41) is 9.92. The number of nitrogens with one attached hydrogen (secondary N) is 1. The van der Waals surface area contributed by atoms with E-state index in [0.717, 1.165) is 12.1 Å². The van der Waals surface area contributed by atoms with Crippen LogP contribution in [0.25, 0.3) is 0 Å². The van der Waals surface area contributed by atoms with Crippen LogP contribution in [0.15, 0.2) is 24.3 Å². The van der Waals surface area contributed by atoms with Gasteiger partial charge in [-0.1, -0.05) is 12.1 Å². The van der Waals surface area contributed by atoms with E-state index in [9.17, 15) is 31.9 Å². The van der Waals surface area contributed by atoms with Crippen LogP contribution in [0.4, 0.5) is 17.6 Å². The zero-order valence-electron chi connectivity index (χ0n) is 10.3. The summed E-state index contributed by atoms with van der Waals surface area (Å²) in [6, 6.07) is 2.15. The molecule has 0 radical (unpaired) electrons. The van der Waals surface area contributed by atoms with Gasteiger partial charge in [0, 0.05) is 12.0 Å². The summed E-state index contributed by atoms with van der Waals surface area (Å²) >= 11 is 0. The highest BCUT2D eigenvalue weighted by atomic mass is 19.4. The third-order valence-electron chi connectivity index (χ3n) is 2.40. The second-order valence-electron chi connectivity index (χ2n) is 4.00. The van der Waals surface area contributed by atoms with Gasteiger partial charge in [-0.25, -0.2) is 9.18 Å². The Labute approximate surface area is 115 Å². The second kappa shape index (κ2) is 6.33. The summed E-state index contributed by atoms with van der Waals surface area (Å²) in [4.78, 5) is 33.1. The highest BCUT2D eigenvalue weighted by molar-refractivity contribution is 5.99. The van der Waals surface area contributed by atoms with Gasteiger partial charge in [0.1, 0.15) is 11.9 Å². The van der Waals surface area contributed by atoms with E-state index >= 15 is 0 Å². The van der Waals surface area contributed by atoms with Gasteiger partial charge in [0.15, 0.2) is 5.78 Å². The van der Waals surface area contributed by atoms with Gasteiger partial charge in [-0.3, -0.25) is 9.59 Å². The first-order valence-electron chi connectivity index (χ1n) is 5.50. The number of carboxylic acid groups (broad SMARTS) is 1. The van der Waals surface area contributed by atoms with Gasteiger partial charge in [-0.2, -0.15) is 13.2 Å². The first-order valence-corrected chi connectivity index (χ1v) is 5.50. The Balaban J connectivity index is 2.82. The van der Waals surface area contributed by atoms with E-state index in [4.69, 9.17) is 5.11 Å².